The number of hydrogen-bond acceptors (Lipinski definition) is 6. The third kappa shape index (κ3) is 9.22. The molecule has 0 atom stereocenters. The van der Waals surface area contributed by atoms with Gasteiger partial charge in [0.25, 0.3) is 5.91 Å². The van der Waals surface area contributed by atoms with Crippen LogP contribution in [0, 0.1) is 0 Å². The molecule has 31 heavy (non-hydrogen) atoms. The minimum atomic E-state index is -0.584. The number of rotatable bonds is 9. The SMILES string of the molecule is CC1=CC(C(=O)Nc2cscc2NC(=O)OC(C)(C)C)=IC=C1CNCCCN(C)C. The molecule has 0 bridgehead atoms. The Morgan fingerprint density at radius 2 is 1.84 bits per heavy atom. The summed E-state index contributed by atoms with van der Waals surface area (Å²) in [5.74, 6) is -0.118. The standard InChI is InChI=1S/C22H33IN4O3S/c1-15-10-17(23-11-16(15)12-24-8-7-9-27(5)6)20(28)25-18-13-31-14-19(18)26-21(29)30-22(2,3)4/h10-11,13-14,24H,7-9,12H2,1-6H3,(H,25,28)(H,26,29). The topological polar surface area (TPSA) is 82.7 Å². The molecule has 0 unspecified atom stereocenters. The monoisotopic (exact) mass is 560 g/mol. The van der Waals surface area contributed by atoms with E-state index in [1.54, 1.807) is 5.38 Å². The number of amides is 2. The molecule has 0 spiro atoms. The molecule has 0 fully saturated rings. The van der Waals surface area contributed by atoms with Crippen LogP contribution in [0.25, 0.3) is 0 Å². The number of hydrogen-bond donors (Lipinski definition) is 3. The summed E-state index contributed by atoms with van der Waals surface area (Å²) in [6, 6.07) is 0. The highest BCUT2D eigenvalue weighted by Crippen LogP contribution is 2.28. The maximum absolute atomic E-state index is 12.8. The Labute approximate surface area is 199 Å². The van der Waals surface area contributed by atoms with Crippen molar-refractivity contribution in [1.29, 1.82) is 0 Å². The molecule has 0 radical (unpaired) electrons. The van der Waals surface area contributed by atoms with E-state index >= 15 is 0 Å². The summed E-state index contributed by atoms with van der Waals surface area (Å²) in [6.07, 6.45) is 2.56. The second-order valence-electron chi connectivity index (χ2n) is 8.53. The quantitative estimate of drug-likeness (QED) is 0.305. The highest BCUT2D eigenvalue weighted by Gasteiger charge is 2.19. The van der Waals surface area contributed by atoms with Gasteiger partial charge < -0.3 is 20.3 Å². The Bertz CT molecular complexity index is 882. The van der Waals surface area contributed by atoms with Crippen LogP contribution in [0.3, 0.4) is 0 Å². The lowest BCUT2D eigenvalue weighted by Gasteiger charge is -2.20. The van der Waals surface area contributed by atoms with Crippen LogP contribution < -0.4 is 16.0 Å². The number of carbonyl (C=O) groups excluding carboxylic acids is 2. The van der Waals surface area contributed by atoms with Crippen molar-refractivity contribution < 1.29 is 14.3 Å². The summed E-state index contributed by atoms with van der Waals surface area (Å²) in [4.78, 5) is 27.0. The molecular weight excluding hydrogens is 527 g/mol. The molecule has 2 heterocycles. The van der Waals surface area contributed by atoms with Crippen molar-refractivity contribution >= 4 is 59.0 Å². The Morgan fingerprint density at radius 1 is 1.16 bits per heavy atom. The summed E-state index contributed by atoms with van der Waals surface area (Å²) in [7, 11) is 4.16. The van der Waals surface area contributed by atoms with E-state index in [2.05, 4.69) is 39.0 Å². The molecule has 3 N–H and O–H groups in total. The Morgan fingerprint density at radius 3 is 2.45 bits per heavy atom. The first-order valence-corrected chi connectivity index (χ1v) is 13.4. The van der Waals surface area contributed by atoms with E-state index in [-0.39, 0.29) is 5.91 Å². The maximum atomic E-state index is 12.8. The average Bonchev–Trinajstić information content (AvgIpc) is 3.07. The number of nitrogens with zero attached hydrogens (tertiary/aromatic N) is 1. The van der Waals surface area contributed by atoms with Crippen molar-refractivity contribution in [3.8, 4) is 0 Å². The van der Waals surface area contributed by atoms with Gasteiger partial charge in [0.15, 0.2) is 0 Å². The minimum Gasteiger partial charge on any atom is -0.444 e. The summed E-state index contributed by atoms with van der Waals surface area (Å²) < 4.78 is 8.31. The normalized spacial score (nSPS) is 14.2. The number of anilines is 2. The molecule has 1 aliphatic heterocycles. The Kier molecular flexibility index (Phi) is 9.86. The molecule has 2 amide bonds. The lowest BCUT2D eigenvalue weighted by Crippen LogP contribution is -2.28. The first kappa shape index (κ1) is 25.7. The fraction of sp³-hybridized carbons (Fsp3) is 0.500. The number of ether oxygens (including phenoxy) is 1. The Balaban J connectivity index is 1.92. The maximum Gasteiger partial charge on any atom is 0.412 e. The van der Waals surface area contributed by atoms with Crippen LogP contribution in [0.15, 0.2) is 32.1 Å². The molecule has 2 rings (SSSR count). The summed E-state index contributed by atoms with van der Waals surface area (Å²) in [6.45, 7) is 10.3. The van der Waals surface area contributed by atoms with E-state index in [1.165, 1.54) is 16.9 Å². The van der Waals surface area contributed by atoms with Gasteiger partial charge in [0.1, 0.15) is 5.60 Å². The van der Waals surface area contributed by atoms with Gasteiger partial charge in [-0.3, -0.25) is 10.1 Å². The zero-order valence-electron chi connectivity index (χ0n) is 19.1. The zero-order valence-corrected chi connectivity index (χ0v) is 22.1. The molecule has 0 aliphatic carbocycles. The highest BCUT2D eigenvalue weighted by molar-refractivity contribution is 14.2. The molecule has 172 valence electrons. The molecule has 9 heteroatoms. The van der Waals surface area contributed by atoms with Gasteiger partial charge in [-0.25, -0.2) is 4.79 Å². The lowest BCUT2D eigenvalue weighted by atomic mass is 10.1. The van der Waals surface area contributed by atoms with Gasteiger partial charge in [0.2, 0.25) is 0 Å². The van der Waals surface area contributed by atoms with Crippen LogP contribution in [-0.4, -0.2) is 59.7 Å². The zero-order chi connectivity index (χ0) is 23.0. The third-order valence-corrected chi connectivity index (χ3v) is 7.47. The lowest BCUT2D eigenvalue weighted by molar-refractivity contribution is -0.110. The smallest absolute Gasteiger partial charge is 0.412 e. The summed E-state index contributed by atoms with van der Waals surface area (Å²) in [5.41, 5.74) is 2.94. The second-order valence-corrected chi connectivity index (χ2v) is 11.7. The van der Waals surface area contributed by atoms with Crippen LogP contribution in [0.4, 0.5) is 16.2 Å². The predicted molar refractivity (Wildman–Crippen MR) is 140 cm³/mol. The van der Waals surface area contributed by atoms with Gasteiger partial charge in [-0.05, 0) is 82.6 Å². The van der Waals surface area contributed by atoms with Crippen molar-refractivity contribution in [2.75, 3.05) is 44.4 Å². The fourth-order valence-corrected chi connectivity index (χ4v) is 5.85. The molecule has 0 saturated carbocycles. The molecule has 1 aromatic heterocycles. The van der Waals surface area contributed by atoms with E-state index in [0.717, 1.165) is 35.1 Å². The van der Waals surface area contributed by atoms with Crippen molar-refractivity contribution in [3.63, 3.8) is 0 Å². The molecule has 7 nitrogen and oxygen atoms in total. The predicted octanol–water partition coefficient (Wildman–Crippen LogP) is 4.56. The molecule has 1 aromatic rings. The summed E-state index contributed by atoms with van der Waals surface area (Å²) in [5, 5.41) is 12.7. The first-order valence-electron chi connectivity index (χ1n) is 10.2. The first-order chi connectivity index (χ1) is 14.5. The van der Waals surface area contributed by atoms with Gasteiger partial charge in [-0.2, -0.15) is 0 Å². The molecule has 0 aromatic carbocycles. The summed E-state index contributed by atoms with van der Waals surface area (Å²) >= 11 is 0.891. The van der Waals surface area contributed by atoms with Gasteiger partial charge in [0, 0.05) is 17.3 Å². The third-order valence-electron chi connectivity index (χ3n) is 4.19. The van der Waals surface area contributed by atoms with E-state index < -0.39 is 32.4 Å². The van der Waals surface area contributed by atoms with Gasteiger partial charge in [0.05, 0.1) is 14.9 Å². The van der Waals surface area contributed by atoms with Crippen LogP contribution in [0.5, 0.6) is 0 Å². The van der Waals surface area contributed by atoms with Crippen LogP contribution >= 0.6 is 32.1 Å². The largest absolute Gasteiger partial charge is 0.444 e. The second kappa shape index (κ2) is 11.9. The van der Waals surface area contributed by atoms with Crippen molar-refractivity contribution in [3.05, 3.63) is 32.1 Å². The van der Waals surface area contributed by atoms with Crippen molar-refractivity contribution in [2.24, 2.45) is 0 Å². The van der Waals surface area contributed by atoms with E-state index in [0.29, 0.717) is 11.4 Å². The van der Waals surface area contributed by atoms with E-state index in [9.17, 15) is 9.59 Å². The van der Waals surface area contributed by atoms with Crippen LogP contribution in [0.1, 0.15) is 34.1 Å². The van der Waals surface area contributed by atoms with Crippen molar-refractivity contribution in [1.82, 2.24) is 10.2 Å². The fourth-order valence-electron chi connectivity index (χ4n) is 2.65. The van der Waals surface area contributed by atoms with Crippen molar-refractivity contribution in [2.45, 2.75) is 39.7 Å². The van der Waals surface area contributed by atoms with Gasteiger partial charge >= 0.3 is 6.09 Å². The van der Waals surface area contributed by atoms with Gasteiger partial charge in [-0.15, -0.1) is 11.3 Å². The van der Waals surface area contributed by atoms with E-state index in [4.69, 9.17) is 4.74 Å². The number of halogens is 1. The van der Waals surface area contributed by atoms with Crippen LogP contribution in [0.2, 0.25) is 0 Å². The average molecular weight is 561 g/mol. The number of nitrogens with one attached hydrogen (secondary N) is 3. The number of thiophene rings is 1. The highest BCUT2D eigenvalue weighted by atomic mass is 127. The van der Waals surface area contributed by atoms with Crippen LogP contribution in [-0.2, 0) is 9.53 Å². The Hall–Kier alpha value is -1.56. The van der Waals surface area contributed by atoms with Gasteiger partial charge in [-0.1, -0.05) is 20.7 Å². The molecule has 0 saturated heterocycles. The molecule has 1 aliphatic rings. The molecular formula is C22H33IN4O3S. The minimum absolute atomic E-state index is 0.118. The van der Waals surface area contributed by atoms with E-state index in [1.807, 2.05) is 39.2 Å². The number of carbonyl (C=O) groups is 2.